The maximum Gasteiger partial charge on any atom is 0.225 e. The lowest BCUT2D eigenvalue weighted by atomic mass is 10.2. The van der Waals surface area contributed by atoms with Gasteiger partial charge in [0.25, 0.3) is 0 Å². The van der Waals surface area contributed by atoms with Crippen molar-refractivity contribution in [3.05, 3.63) is 42.4 Å². The quantitative estimate of drug-likeness (QED) is 0.854. The summed E-state index contributed by atoms with van der Waals surface area (Å²) in [6.45, 7) is 5.89. The van der Waals surface area contributed by atoms with Gasteiger partial charge in [-0.05, 0) is 19.1 Å². The van der Waals surface area contributed by atoms with Crippen molar-refractivity contribution >= 4 is 5.95 Å². The molecule has 1 atom stereocenters. The predicted molar refractivity (Wildman–Crippen MR) is 84.9 cm³/mol. The Morgan fingerprint density at radius 2 is 2.00 bits per heavy atom. The Balaban J connectivity index is 1.63. The van der Waals surface area contributed by atoms with Gasteiger partial charge in [0, 0.05) is 50.7 Å². The standard InChI is InChI=1S/C16H21N5O/c1-13-11-21(16-17-7-4-8-18-16)10-9-20(13)12-14-5-3-6-15(19-14)22-2/h3-8,13H,9-12H2,1-2H3. The van der Waals surface area contributed by atoms with Crippen molar-refractivity contribution in [3.8, 4) is 5.88 Å². The van der Waals surface area contributed by atoms with Gasteiger partial charge in [0.05, 0.1) is 12.8 Å². The number of anilines is 1. The fourth-order valence-electron chi connectivity index (χ4n) is 2.73. The highest BCUT2D eigenvalue weighted by atomic mass is 16.5. The molecule has 2 aromatic heterocycles. The minimum absolute atomic E-state index is 0.422. The molecule has 1 saturated heterocycles. The molecule has 1 aliphatic rings. The van der Waals surface area contributed by atoms with Gasteiger partial charge in [0.2, 0.25) is 11.8 Å². The highest BCUT2D eigenvalue weighted by molar-refractivity contribution is 5.30. The van der Waals surface area contributed by atoms with Gasteiger partial charge < -0.3 is 9.64 Å². The number of nitrogens with zero attached hydrogens (tertiary/aromatic N) is 5. The van der Waals surface area contributed by atoms with Crippen LogP contribution in [-0.2, 0) is 6.54 Å². The zero-order valence-corrected chi connectivity index (χ0v) is 13.0. The normalized spacial score (nSPS) is 19.2. The summed E-state index contributed by atoms with van der Waals surface area (Å²) >= 11 is 0. The molecule has 6 heteroatoms. The number of pyridine rings is 1. The van der Waals surface area contributed by atoms with Gasteiger partial charge in [0.1, 0.15) is 0 Å². The zero-order chi connectivity index (χ0) is 15.4. The van der Waals surface area contributed by atoms with E-state index >= 15 is 0 Å². The second-order valence-electron chi connectivity index (χ2n) is 5.49. The first-order valence-corrected chi connectivity index (χ1v) is 7.52. The Morgan fingerprint density at radius 3 is 2.73 bits per heavy atom. The van der Waals surface area contributed by atoms with Crippen LogP contribution in [-0.4, -0.2) is 52.6 Å². The topological polar surface area (TPSA) is 54.4 Å². The van der Waals surface area contributed by atoms with Gasteiger partial charge in [-0.25, -0.2) is 15.0 Å². The van der Waals surface area contributed by atoms with E-state index in [9.17, 15) is 0 Å². The molecule has 0 bridgehead atoms. The van der Waals surface area contributed by atoms with Gasteiger partial charge in [-0.15, -0.1) is 0 Å². The lowest BCUT2D eigenvalue weighted by Gasteiger charge is -2.39. The van der Waals surface area contributed by atoms with Crippen LogP contribution in [0.4, 0.5) is 5.95 Å². The van der Waals surface area contributed by atoms with Crippen LogP contribution in [0.1, 0.15) is 12.6 Å². The minimum Gasteiger partial charge on any atom is -0.481 e. The van der Waals surface area contributed by atoms with Crippen LogP contribution in [0.25, 0.3) is 0 Å². The first-order chi connectivity index (χ1) is 10.8. The van der Waals surface area contributed by atoms with Crippen LogP contribution in [0.15, 0.2) is 36.7 Å². The van der Waals surface area contributed by atoms with Gasteiger partial charge in [-0.2, -0.15) is 0 Å². The Bertz CT molecular complexity index is 606. The number of methoxy groups -OCH3 is 1. The number of piperazine rings is 1. The van der Waals surface area contributed by atoms with Gasteiger partial charge in [-0.1, -0.05) is 6.07 Å². The molecule has 1 unspecified atom stereocenters. The molecule has 3 rings (SSSR count). The molecule has 1 aliphatic heterocycles. The Morgan fingerprint density at radius 1 is 1.18 bits per heavy atom. The zero-order valence-electron chi connectivity index (χ0n) is 13.0. The van der Waals surface area contributed by atoms with E-state index in [0.717, 1.165) is 37.8 Å². The fraction of sp³-hybridized carbons (Fsp3) is 0.438. The molecule has 116 valence electrons. The molecule has 0 N–H and O–H groups in total. The third kappa shape index (κ3) is 3.33. The first kappa shape index (κ1) is 14.7. The highest BCUT2D eigenvalue weighted by Crippen LogP contribution is 2.17. The number of rotatable bonds is 4. The molecule has 6 nitrogen and oxygen atoms in total. The van der Waals surface area contributed by atoms with Gasteiger partial charge in [0.15, 0.2) is 0 Å². The van der Waals surface area contributed by atoms with Gasteiger partial charge >= 0.3 is 0 Å². The van der Waals surface area contributed by atoms with Crippen LogP contribution >= 0.6 is 0 Å². The second-order valence-corrected chi connectivity index (χ2v) is 5.49. The molecule has 0 radical (unpaired) electrons. The molecule has 0 aliphatic carbocycles. The Labute approximate surface area is 130 Å². The maximum atomic E-state index is 5.19. The predicted octanol–water partition coefficient (Wildman–Crippen LogP) is 1.59. The molecule has 0 amide bonds. The highest BCUT2D eigenvalue weighted by Gasteiger charge is 2.25. The largest absolute Gasteiger partial charge is 0.481 e. The van der Waals surface area contributed by atoms with E-state index in [0.29, 0.717) is 11.9 Å². The summed E-state index contributed by atoms with van der Waals surface area (Å²) in [6.07, 6.45) is 3.58. The van der Waals surface area contributed by atoms with Crippen molar-refractivity contribution in [2.24, 2.45) is 0 Å². The molecule has 0 spiro atoms. The van der Waals surface area contributed by atoms with Crippen LogP contribution in [0.5, 0.6) is 5.88 Å². The van der Waals surface area contributed by atoms with Crippen LogP contribution in [0, 0.1) is 0 Å². The summed E-state index contributed by atoms with van der Waals surface area (Å²) in [5.74, 6) is 1.48. The second kappa shape index (κ2) is 6.70. The molecule has 0 aromatic carbocycles. The smallest absolute Gasteiger partial charge is 0.225 e. The Hall–Kier alpha value is -2.21. The number of ether oxygens (including phenoxy) is 1. The van der Waals surface area contributed by atoms with E-state index in [1.54, 1.807) is 19.5 Å². The summed E-state index contributed by atoms with van der Waals surface area (Å²) in [5, 5.41) is 0. The van der Waals surface area contributed by atoms with E-state index in [-0.39, 0.29) is 0 Å². The van der Waals surface area contributed by atoms with Crippen LogP contribution < -0.4 is 9.64 Å². The summed E-state index contributed by atoms with van der Waals surface area (Å²) in [4.78, 5) is 17.8. The number of hydrogen-bond acceptors (Lipinski definition) is 6. The van der Waals surface area contributed by atoms with E-state index in [4.69, 9.17) is 4.74 Å². The van der Waals surface area contributed by atoms with Gasteiger partial charge in [-0.3, -0.25) is 4.90 Å². The lowest BCUT2D eigenvalue weighted by molar-refractivity contribution is 0.177. The van der Waals surface area contributed by atoms with Crippen molar-refractivity contribution in [2.45, 2.75) is 19.5 Å². The number of aromatic nitrogens is 3. The van der Waals surface area contributed by atoms with E-state index in [2.05, 4.69) is 31.7 Å². The lowest BCUT2D eigenvalue weighted by Crippen LogP contribution is -2.52. The van der Waals surface area contributed by atoms with Crippen LogP contribution in [0.2, 0.25) is 0 Å². The molecular weight excluding hydrogens is 278 g/mol. The van der Waals surface area contributed by atoms with Crippen molar-refractivity contribution < 1.29 is 4.74 Å². The first-order valence-electron chi connectivity index (χ1n) is 7.52. The average Bonchev–Trinajstić information content (AvgIpc) is 2.58. The van der Waals surface area contributed by atoms with E-state index in [1.807, 2.05) is 24.3 Å². The summed E-state index contributed by atoms with van der Waals surface area (Å²) in [5.41, 5.74) is 1.04. The molecule has 22 heavy (non-hydrogen) atoms. The van der Waals surface area contributed by atoms with Crippen molar-refractivity contribution in [1.82, 2.24) is 19.9 Å². The summed E-state index contributed by atoms with van der Waals surface area (Å²) in [6, 6.07) is 8.17. The molecule has 1 fully saturated rings. The SMILES string of the molecule is COc1cccc(CN2CCN(c3ncccn3)CC2C)n1. The monoisotopic (exact) mass is 299 g/mol. The van der Waals surface area contributed by atoms with Crippen molar-refractivity contribution in [3.63, 3.8) is 0 Å². The van der Waals surface area contributed by atoms with Crippen molar-refractivity contribution in [1.29, 1.82) is 0 Å². The maximum absolute atomic E-state index is 5.19. The van der Waals surface area contributed by atoms with E-state index in [1.165, 1.54) is 0 Å². The molecule has 3 heterocycles. The fourth-order valence-corrected chi connectivity index (χ4v) is 2.73. The minimum atomic E-state index is 0.422. The van der Waals surface area contributed by atoms with Crippen LogP contribution in [0.3, 0.4) is 0 Å². The average molecular weight is 299 g/mol. The Kier molecular flexibility index (Phi) is 4.48. The third-order valence-electron chi connectivity index (χ3n) is 3.96. The summed E-state index contributed by atoms with van der Waals surface area (Å²) < 4.78 is 5.19. The molecular formula is C16H21N5O. The van der Waals surface area contributed by atoms with E-state index < -0.39 is 0 Å². The molecule has 0 saturated carbocycles. The molecule has 2 aromatic rings. The third-order valence-corrected chi connectivity index (χ3v) is 3.96. The summed E-state index contributed by atoms with van der Waals surface area (Å²) in [7, 11) is 1.65. The van der Waals surface area contributed by atoms with Crippen molar-refractivity contribution in [2.75, 3.05) is 31.6 Å². The number of hydrogen-bond donors (Lipinski definition) is 0.